The van der Waals surface area contributed by atoms with E-state index in [-0.39, 0.29) is 66.3 Å². The summed E-state index contributed by atoms with van der Waals surface area (Å²) in [5.41, 5.74) is 0. The molecule has 0 N–H and O–H groups in total. The molecule has 3 rings (SSSR count). The maximum absolute atomic E-state index is 12.9. The summed E-state index contributed by atoms with van der Waals surface area (Å²) in [4.78, 5) is 25.5. The number of carbonyl (C=O) groups excluding carboxylic acids is 2. The Labute approximate surface area is 175 Å². The van der Waals surface area contributed by atoms with Crippen molar-refractivity contribution in [2.75, 3.05) is 0 Å². The molecule has 6 heteroatoms. The lowest BCUT2D eigenvalue weighted by molar-refractivity contribution is -0.168. The number of rotatable bonds is 2. The monoisotopic (exact) mass is 410 g/mol. The number of carbonyl (C=O) groups is 2. The fourth-order valence-corrected chi connectivity index (χ4v) is 4.96. The fraction of sp³-hybridized carbons (Fsp3) is 0.913. The number of hydrogen-bond donors (Lipinski definition) is 0. The highest BCUT2D eigenvalue weighted by atomic mass is 16.6. The number of hydrogen-bond acceptors (Lipinski definition) is 6. The summed E-state index contributed by atoms with van der Waals surface area (Å²) in [6, 6.07) is 0. The lowest BCUT2D eigenvalue weighted by Gasteiger charge is -2.31. The molecule has 0 amide bonds. The number of ether oxygens (including phenoxy) is 4. The Bertz CT molecular complexity index is 578. The van der Waals surface area contributed by atoms with Crippen molar-refractivity contribution in [3.63, 3.8) is 0 Å². The van der Waals surface area contributed by atoms with Crippen molar-refractivity contribution in [1.82, 2.24) is 0 Å². The number of fused-ring (bicyclic) bond motifs is 4. The Balaban J connectivity index is 1.79. The molecule has 29 heavy (non-hydrogen) atoms. The van der Waals surface area contributed by atoms with Gasteiger partial charge in [0.15, 0.2) is 0 Å². The molecular weight excluding hydrogens is 372 g/mol. The summed E-state index contributed by atoms with van der Waals surface area (Å²) in [7, 11) is 0. The van der Waals surface area contributed by atoms with Gasteiger partial charge < -0.3 is 18.9 Å². The van der Waals surface area contributed by atoms with Gasteiger partial charge in [0.05, 0.1) is 36.3 Å². The second-order valence-electron chi connectivity index (χ2n) is 9.35. The average molecular weight is 411 g/mol. The molecular formula is C23H38O6. The van der Waals surface area contributed by atoms with Crippen LogP contribution < -0.4 is 0 Å². The minimum absolute atomic E-state index is 0.00709. The lowest BCUT2D eigenvalue weighted by Crippen LogP contribution is -2.38. The summed E-state index contributed by atoms with van der Waals surface area (Å²) < 4.78 is 24.1. The second kappa shape index (κ2) is 9.78. The van der Waals surface area contributed by atoms with Gasteiger partial charge in [-0.25, -0.2) is 0 Å². The zero-order valence-electron chi connectivity index (χ0n) is 18.6. The molecule has 3 aliphatic heterocycles. The van der Waals surface area contributed by atoms with Gasteiger partial charge in [0.25, 0.3) is 0 Å². The van der Waals surface area contributed by atoms with Gasteiger partial charge in [-0.2, -0.15) is 0 Å². The quantitative estimate of drug-likeness (QED) is 0.640. The van der Waals surface area contributed by atoms with Gasteiger partial charge in [-0.05, 0) is 52.9 Å². The molecule has 4 bridgehead atoms. The molecule has 6 nitrogen and oxygen atoms in total. The topological polar surface area (TPSA) is 71.1 Å². The van der Waals surface area contributed by atoms with E-state index in [0.717, 1.165) is 38.5 Å². The van der Waals surface area contributed by atoms with E-state index in [4.69, 9.17) is 18.9 Å². The normalized spacial score (nSPS) is 44.4. The minimum Gasteiger partial charge on any atom is -0.462 e. The van der Waals surface area contributed by atoms with Gasteiger partial charge in [0.1, 0.15) is 12.2 Å². The third kappa shape index (κ3) is 5.32. The van der Waals surface area contributed by atoms with Crippen LogP contribution in [-0.2, 0) is 28.5 Å². The molecule has 3 aliphatic rings. The Morgan fingerprint density at radius 1 is 0.793 bits per heavy atom. The third-order valence-corrected chi connectivity index (χ3v) is 7.01. The standard InChI is InChI=1S/C23H38O6/c1-6-7-18-14(3)19-10-11-21(28-19)16(5)22(24)26-13(2)12-17-8-9-20(27-17)15(4)23(25)29-18/h13-21H,6-12H2,1-5H3/t13-,14-,15+,16-,17+,18-,19-,20-,21+/m0/s1. The number of esters is 2. The highest BCUT2D eigenvalue weighted by Crippen LogP contribution is 2.35. The first-order chi connectivity index (χ1) is 13.8. The summed E-state index contributed by atoms with van der Waals surface area (Å²) in [6.07, 6.45) is 5.17. The zero-order chi connectivity index (χ0) is 21.1. The van der Waals surface area contributed by atoms with E-state index in [9.17, 15) is 9.59 Å². The van der Waals surface area contributed by atoms with Crippen LogP contribution in [0.1, 0.15) is 79.6 Å². The van der Waals surface area contributed by atoms with Crippen LogP contribution in [0.5, 0.6) is 0 Å². The Morgan fingerprint density at radius 2 is 1.38 bits per heavy atom. The Kier molecular flexibility index (Phi) is 7.60. The molecule has 3 heterocycles. The first-order valence-electron chi connectivity index (χ1n) is 11.5. The van der Waals surface area contributed by atoms with Gasteiger partial charge in [-0.15, -0.1) is 0 Å². The van der Waals surface area contributed by atoms with Crippen LogP contribution in [0.25, 0.3) is 0 Å². The van der Waals surface area contributed by atoms with Gasteiger partial charge >= 0.3 is 11.9 Å². The molecule has 0 aliphatic carbocycles. The highest BCUT2D eigenvalue weighted by Gasteiger charge is 2.41. The highest BCUT2D eigenvalue weighted by molar-refractivity contribution is 5.73. The van der Waals surface area contributed by atoms with Crippen LogP contribution in [0, 0.1) is 17.8 Å². The maximum Gasteiger partial charge on any atom is 0.311 e. The SMILES string of the molecule is CCC[C@@H]1OC(=O)[C@H](C)[C@@H]2CC[C@H](C[C@H](C)OC(=O)[C@@H](C)[C@H]3CC[C@H](O3)[C@H]1C)O2. The summed E-state index contributed by atoms with van der Waals surface area (Å²) in [6.45, 7) is 9.91. The van der Waals surface area contributed by atoms with Crippen molar-refractivity contribution in [2.45, 2.75) is 116 Å². The largest absolute Gasteiger partial charge is 0.462 e. The van der Waals surface area contributed by atoms with Gasteiger partial charge in [0, 0.05) is 12.3 Å². The van der Waals surface area contributed by atoms with Crippen LogP contribution in [0.2, 0.25) is 0 Å². The zero-order valence-corrected chi connectivity index (χ0v) is 18.6. The molecule has 0 saturated carbocycles. The molecule has 0 aromatic carbocycles. The predicted octanol–water partition coefficient (Wildman–Crippen LogP) is 4.04. The van der Waals surface area contributed by atoms with E-state index < -0.39 is 0 Å². The van der Waals surface area contributed by atoms with Crippen LogP contribution in [0.4, 0.5) is 0 Å². The van der Waals surface area contributed by atoms with Crippen molar-refractivity contribution < 1.29 is 28.5 Å². The molecule has 0 aromatic rings. The van der Waals surface area contributed by atoms with Crippen LogP contribution >= 0.6 is 0 Å². The van der Waals surface area contributed by atoms with E-state index in [1.54, 1.807) is 0 Å². The molecule has 0 aromatic heterocycles. The fourth-order valence-electron chi connectivity index (χ4n) is 4.96. The average Bonchev–Trinajstić information content (AvgIpc) is 3.34. The van der Waals surface area contributed by atoms with Crippen LogP contribution in [-0.4, -0.2) is 48.6 Å². The van der Waals surface area contributed by atoms with Crippen LogP contribution in [0.3, 0.4) is 0 Å². The first-order valence-corrected chi connectivity index (χ1v) is 11.5. The Hall–Kier alpha value is -1.14. The van der Waals surface area contributed by atoms with Gasteiger partial charge in [-0.1, -0.05) is 20.3 Å². The third-order valence-electron chi connectivity index (χ3n) is 7.01. The van der Waals surface area contributed by atoms with Crippen molar-refractivity contribution in [1.29, 1.82) is 0 Å². The van der Waals surface area contributed by atoms with Crippen LogP contribution in [0.15, 0.2) is 0 Å². The molecule has 166 valence electrons. The Morgan fingerprint density at radius 3 is 2.07 bits per heavy atom. The van der Waals surface area contributed by atoms with E-state index in [1.165, 1.54) is 0 Å². The van der Waals surface area contributed by atoms with E-state index in [2.05, 4.69) is 13.8 Å². The van der Waals surface area contributed by atoms with E-state index in [0.29, 0.717) is 6.42 Å². The number of cyclic esters (lactones) is 2. The summed E-state index contributed by atoms with van der Waals surface area (Å²) in [5, 5.41) is 0. The summed E-state index contributed by atoms with van der Waals surface area (Å²) in [5.74, 6) is -0.872. The molecule has 3 fully saturated rings. The molecule has 0 spiro atoms. The summed E-state index contributed by atoms with van der Waals surface area (Å²) >= 11 is 0. The second-order valence-corrected chi connectivity index (χ2v) is 9.35. The van der Waals surface area contributed by atoms with Gasteiger partial charge in [-0.3, -0.25) is 9.59 Å². The maximum atomic E-state index is 12.9. The first kappa shape index (κ1) is 22.5. The van der Waals surface area contributed by atoms with Gasteiger partial charge in [0.2, 0.25) is 0 Å². The van der Waals surface area contributed by atoms with E-state index in [1.807, 2.05) is 20.8 Å². The molecule has 0 unspecified atom stereocenters. The molecule has 3 saturated heterocycles. The van der Waals surface area contributed by atoms with Crippen molar-refractivity contribution >= 4 is 11.9 Å². The smallest absolute Gasteiger partial charge is 0.311 e. The minimum atomic E-state index is -0.299. The van der Waals surface area contributed by atoms with Crippen molar-refractivity contribution in [2.24, 2.45) is 17.8 Å². The molecule has 0 radical (unpaired) electrons. The lowest BCUT2D eigenvalue weighted by atomic mass is 9.92. The molecule has 9 atom stereocenters. The van der Waals surface area contributed by atoms with E-state index >= 15 is 0 Å². The van der Waals surface area contributed by atoms with Crippen molar-refractivity contribution in [3.8, 4) is 0 Å². The van der Waals surface area contributed by atoms with Crippen molar-refractivity contribution in [3.05, 3.63) is 0 Å². The predicted molar refractivity (Wildman–Crippen MR) is 108 cm³/mol.